The number of hydrogen-bond acceptors (Lipinski definition) is 4. The van der Waals surface area contributed by atoms with Crippen molar-refractivity contribution >= 4 is 30.1 Å². The molecule has 2 N–H and O–H groups in total. The molecule has 3 rings (SSSR count). The van der Waals surface area contributed by atoms with E-state index in [0.29, 0.717) is 24.2 Å². The molecule has 29 heavy (non-hydrogen) atoms. The van der Waals surface area contributed by atoms with Gasteiger partial charge in [0.05, 0.1) is 17.7 Å². The lowest BCUT2D eigenvalue weighted by Crippen LogP contribution is -2.39. The molecule has 6 nitrogen and oxygen atoms in total. The van der Waals surface area contributed by atoms with E-state index < -0.39 is 0 Å². The van der Waals surface area contributed by atoms with Crippen LogP contribution in [0.4, 0.5) is 0 Å². The van der Waals surface area contributed by atoms with E-state index in [4.69, 9.17) is 5.73 Å². The van der Waals surface area contributed by atoms with Crippen LogP contribution in [0.25, 0.3) is 0 Å². The second-order valence-corrected chi connectivity index (χ2v) is 7.97. The number of benzene rings is 2. The number of imide groups is 1. The van der Waals surface area contributed by atoms with Gasteiger partial charge in [0.15, 0.2) is 0 Å². The Labute approximate surface area is 177 Å². The van der Waals surface area contributed by atoms with E-state index in [1.165, 1.54) is 11.0 Å². The zero-order valence-corrected chi connectivity index (χ0v) is 17.7. The molecule has 0 fully saturated rings. The van der Waals surface area contributed by atoms with Gasteiger partial charge in [0, 0.05) is 19.2 Å². The Morgan fingerprint density at radius 2 is 1.66 bits per heavy atom. The summed E-state index contributed by atoms with van der Waals surface area (Å²) < 4.78 is 0. The standard InChI is InChI=1S/C22H25N3O3.ClH/c1-22(2,13-23)14-24(3)19(26)16-9-10-17-18(11-16)21(28)25(20(17)27)12-15-7-5-4-6-8-15;/h4-11H,12-14,23H2,1-3H3;1H. The van der Waals surface area contributed by atoms with Gasteiger partial charge < -0.3 is 10.6 Å². The molecule has 0 saturated carbocycles. The monoisotopic (exact) mass is 415 g/mol. The Bertz CT molecular complexity index is 928. The minimum Gasteiger partial charge on any atom is -0.341 e. The first-order valence-corrected chi connectivity index (χ1v) is 9.23. The van der Waals surface area contributed by atoms with E-state index in [2.05, 4.69) is 0 Å². The van der Waals surface area contributed by atoms with Gasteiger partial charge in [-0.2, -0.15) is 0 Å². The number of hydrogen-bond donors (Lipinski definition) is 1. The Kier molecular flexibility index (Phi) is 6.82. The molecule has 0 spiro atoms. The summed E-state index contributed by atoms with van der Waals surface area (Å²) >= 11 is 0. The predicted molar refractivity (Wildman–Crippen MR) is 114 cm³/mol. The number of fused-ring (bicyclic) bond motifs is 1. The highest BCUT2D eigenvalue weighted by Crippen LogP contribution is 2.26. The number of carbonyl (C=O) groups excluding carboxylic acids is 3. The smallest absolute Gasteiger partial charge is 0.261 e. The van der Waals surface area contributed by atoms with Crippen molar-refractivity contribution in [2.45, 2.75) is 20.4 Å². The van der Waals surface area contributed by atoms with Crippen molar-refractivity contribution in [3.63, 3.8) is 0 Å². The zero-order chi connectivity index (χ0) is 20.5. The Balaban J connectivity index is 0.00000300. The summed E-state index contributed by atoms with van der Waals surface area (Å²) in [7, 11) is 1.71. The number of halogens is 1. The highest BCUT2D eigenvalue weighted by atomic mass is 35.5. The van der Waals surface area contributed by atoms with Crippen molar-refractivity contribution in [1.82, 2.24) is 9.80 Å². The number of nitrogens with zero attached hydrogens (tertiary/aromatic N) is 2. The normalized spacial score (nSPS) is 13.2. The van der Waals surface area contributed by atoms with Crippen molar-refractivity contribution in [1.29, 1.82) is 0 Å². The molecule has 1 heterocycles. The molecule has 3 amide bonds. The van der Waals surface area contributed by atoms with Crippen LogP contribution in [-0.4, -0.2) is 47.7 Å². The first kappa shape index (κ1) is 22.6. The van der Waals surface area contributed by atoms with E-state index in [9.17, 15) is 14.4 Å². The lowest BCUT2D eigenvalue weighted by Gasteiger charge is -2.29. The lowest BCUT2D eigenvalue weighted by atomic mass is 9.93. The molecular weight excluding hydrogens is 390 g/mol. The molecule has 1 aliphatic heterocycles. The maximum Gasteiger partial charge on any atom is 0.261 e. The third-order valence-corrected chi connectivity index (χ3v) is 4.97. The highest BCUT2D eigenvalue weighted by Gasteiger charge is 2.36. The first-order valence-electron chi connectivity index (χ1n) is 9.23. The van der Waals surface area contributed by atoms with E-state index >= 15 is 0 Å². The van der Waals surface area contributed by atoms with Gasteiger partial charge in [-0.3, -0.25) is 19.3 Å². The van der Waals surface area contributed by atoms with Gasteiger partial charge in [0.1, 0.15) is 0 Å². The lowest BCUT2D eigenvalue weighted by molar-refractivity contribution is 0.0642. The number of amides is 3. The van der Waals surface area contributed by atoms with Crippen molar-refractivity contribution in [3.8, 4) is 0 Å². The molecule has 154 valence electrons. The summed E-state index contributed by atoms with van der Waals surface area (Å²) in [4.78, 5) is 41.0. The third-order valence-electron chi connectivity index (χ3n) is 4.97. The van der Waals surface area contributed by atoms with Crippen LogP contribution in [0, 0.1) is 5.41 Å². The quantitative estimate of drug-likeness (QED) is 0.735. The van der Waals surface area contributed by atoms with Crippen LogP contribution in [-0.2, 0) is 6.54 Å². The Morgan fingerprint density at radius 1 is 1.03 bits per heavy atom. The van der Waals surface area contributed by atoms with Crippen LogP contribution in [0.15, 0.2) is 48.5 Å². The molecule has 0 bridgehead atoms. The number of carbonyl (C=O) groups is 3. The molecule has 2 aromatic carbocycles. The van der Waals surface area contributed by atoms with Crippen LogP contribution in [0.2, 0.25) is 0 Å². The molecule has 0 atom stereocenters. The maximum absolute atomic E-state index is 12.8. The average Bonchev–Trinajstić information content (AvgIpc) is 2.92. The summed E-state index contributed by atoms with van der Waals surface area (Å²) in [6.07, 6.45) is 0. The summed E-state index contributed by atoms with van der Waals surface area (Å²) in [5, 5.41) is 0. The van der Waals surface area contributed by atoms with Crippen LogP contribution in [0.3, 0.4) is 0 Å². The van der Waals surface area contributed by atoms with Crippen LogP contribution >= 0.6 is 12.4 Å². The SMILES string of the molecule is CN(CC(C)(C)CN)C(=O)c1ccc2c(c1)C(=O)N(Cc1ccccc1)C2=O.Cl. The summed E-state index contributed by atoms with van der Waals surface area (Å²) in [6.45, 7) is 5.13. The fourth-order valence-electron chi connectivity index (χ4n) is 3.33. The van der Waals surface area contributed by atoms with E-state index in [-0.39, 0.29) is 47.7 Å². The zero-order valence-electron chi connectivity index (χ0n) is 16.8. The van der Waals surface area contributed by atoms with E-state index in [1.54, 1.807) is 24.1 Å². The molecule has 0 aromatic heterocycles. The maximum atomic E-state index is 12.8. The highest BCUT2D eigenvalue weighted by molar-refractivity contribution is 6.22. The largest absolute Gasteiger partial charge is 0.341 e. The molecule has 1 aliphatic rings. The van der Waals surface area contributed by atoms with Crippen LogP contribution < -0.4 is 5.73 Å². The predicted octanol–water partition coefficient (Wildman–Crippen LogP) is 2.96. The second-order valence-electron chi connectivity index (χ2n) is 7.97. The second kappa shape index (κ2) is 8.76. The Hall–Kier alpha value is -2.70. The van der Waals surface area contributed by atoms with Crippen molar-refractivity contribution in [3.05, 3.63) is 70.8 Å². The minimum atomic E-state index is -0.372. The average molecular weight is 416 g/mol. The van der Waals surface area contributed by atoms with Gasteiger partial charge in [-0.25, -0.2) is 0 Å². The fourth-order valence-corrected chi connectivity index (χ4v) is 3.33. The molecule has 0 aliphatic carbocycles. The van der Waals surface area contributed by atoms with E-state index in [0.717, 1.165) is 5.56 Å². The van der Waals surface area contributed by atoms with Crippen molar-refractivity contribution in [2.24, 2.45) is 11.1 Å². The van der Waals surface area contributed by atoms with Gasteiger partial charge in [-0.15, -0.1) is 12.4 Å². The molecule has 0 radical (unpaired) electrons. The van der Waals surface area contributed by atoms with Gasteiger partial charge in [0.25, 0.3) is 17.7 Å². The summed E-state index contributed by atoms with van der Waals surface area (Å²) in [6, 6.07) is 14.0. The van der Waals surface area contributed by atoms with Crippen molar-refractivity contribution < 1.29 is 14.4 Å². The topological polar surface area (TPSA) is 83.7 Å². The van der Waals surface area contributed by atoms with Gasteiger partial charge >= 0.3 is 0 Å². The molecule has 2 aromatic rings. The number of nitrogens with two attached hydrogens (primary N) is 1. The van der Waals surface area contributed by atoms with Gasteiger partial charge in [-0.05, 0) is 35.7 Å². The van der Waals surface area contributed by atoms with Gasteiger partial charge in [-0.1, -0.05) is 44.2 Å². The first-order chi connectivity index (χ1) is 13.2. The fraction of sp³-hybridized carbons (Fsp3) is 0.318. The van der Waals surface area contributed by atoms with Gasteiger partial charge in [0.2, 0.25) is 0 Å². The number of rotatable bonds is 6. The summed E-state index contributed by atoms with van der Waals surface area (Å²) in [5.41, 5.74) is 7.41. The third kappa shape index (κ3) is 4.66. The van der Waals surface area contributed by atoms with Crippen molar-refractivity contribution in [2.75, 3.05) is 20.1 Å². The van der Waals surface area contributed by atoms with E-state index in [1.807, 2.05) is 44.2 Å². The summed E-state index contributed by atoms with van der Waals surface area (Å²) in [5.74, 6) is -0.907. The molecule has 7 heteroatoms. The Morgan fingerprint density at radius 3 is 2.28 bits per heavy atom. The molecule has 0 unspecified atom stereocenters. The van der Waals surface area contributed by atoms with Crippen LogP contribution in [0.5, 0.6) is 0 Å². The molecule has 0 saturated heterocycles. The molecular formula is C22H26ClN3O3. The minimum absolute atomic E-state index is 0. The van der Waals surface area contributed by atoms with Crippen LogP contribution in [0.1, 0.15) is 50.5 Å².